The second kappa shape index (κ2) is 8.37. The van der Waals surface area contributed by atoms with Crippen molar-refractivity contribution >= 4 is 34.7 Å². The van der Waals surface area contributed by atoms with Gasteiger partial charge in [0, 0.05) is 23.9 Å². The predicted molar refractivity (Wildman–Crippen MR) is 104 cm³/mol. The number of ether oxygens (including phenoxy) is 2. The maximum Gasteiger partial charge on any atom is 0.274 e. The number of hydrogen-bond acceptors (Lipinski definition) is 6. The summed E-state index contributed by atoms with van der Waals surface area (Å²) in [6, 6.07) is 14.2. The Morgan fingerprint density at radius 3 is 2.44 bits per heavy atom. The molecule has 138 valence electrons. The van der Waals surface area contributed by atoms with Crippen LogP contribution in [0.15, 0.2) is 54.9 Å². The normalized spacial score (nSPS) is 10.2. The van der Waals surface area contributed by atoms with Crippen LogP contribution >= 0.6 is 11.6 Å². The first-order valence-electron chi connectivity index (χ1n) is 7.97. The Balaban J connectivity index is 1.82. The molecule has 0 spiro atoms. The van der Waals surface area contributed by atoms with Crippen molar-refractivity contribution in [1.82, 2.24) is 9.97 Å². The largest absolute Gasteiger partial charge is 0.495 e. The molecule has 1 aromatic heterocycles. The molecule has 2 N–H and O–H groups in total. The van der Waals surface area contributed by atoms with Gasteiger partial charge in [-0.2, -0.15) is 0 Å². The van der Waals surface area contributed by atoms with Crippen LogP contribution in [0.2, 0.25) is 5.02 Å². The molecule has 0 aliphatic heterocycles. The number of methoxy groups -OCH3 is 2. The molecule has 0 unspecified atom stereocenters. The Kier molecular flexibility index (Phi) is 5.73. The summed E-state index contributed by atoms with van der Waals surface area (Å²) in [5, 5.41) is 6.25. The van der Waals surface area contributed by atoms with E-state index in [9.17, 15) is 4.79 Å². The van der Waals surface area contributed by atoms with E-state index < -0.39 is 5.91 Å². The van der Waals surface area contributed by atoms with E-state index in [1.165, 1.54) is 20.5 Å². The molecule has 2 aromatic carbocycles. The van der Waals surface area contributed by atoms with Crippen molar-refractivity contribution in [3.63, 3.8) is 0 Å². The van der Waals surface area contributed by atoms with E-state index >= 15 is 0 Å². The Bertz CT molecular complexity index is 951. The lowest BCUT2D eigenvalue weighted by molar-refractivity contribution is 0.102. The van der Waals surface area contributed by atoms with Crippen LogP contribution in [0.25, 0.3) is 0 Å². The number of aromatic nitrogens is 2. The number of rotatable bonds is 6. The molecule has 0 radical (unpaired) electrons. The van der Waals surface area contributed by atoms with Crippen LogP contribution in [0.5, 0.6) is 11.5 Å². The number of carbonyl (C=O) groups excluding carboxylic acids is 1. The van der Waals surface area contributed by atoms with Gasteiger partial charge in [-0.1, -0.05) is 29.8 Å². The second-order valence-corrected chi connectivity index (χ2v) is 5.83. The van der Waals surface area contributed by atoms with Crippen LogP contribution in [-0.4, -0.2) is 30.1 Å². The molecule has 0 atom stereocenters. The molecule has 3 rings (SSSR count). The summed E-state index contributed by atoms with van der Waals surface area (Å²) in [4.78, 5) is 20.8. The van der Waals surface area contributed by atoms with Crippen molar-refractivity contribution in [2.75, 3.05) is 24.9 Å². The smallest absolute Gasteiger partial charge is 0.274 e. The van der Waals surface area contributed by atoms with Crippen LogP contribution in [-0.2, 0) is 0 Å². The highest BCUT2D eigenvalue weighted by Crippen LogP contribution is 2.36. The number of para-hydroxylation sites is 1. The Morgan fingerprint density at radius 2 is 1.74 bits per heavy atom. The van der Waals surface area contributed by atoms with Crippen LogP contribution in [0.1, 0.15) is 10.5 Å². The highest BCUT2D eigenvalue weighted by molar-refractivity contribution is 6.32. The lowest BCUT2D eigenvalue weighted by Gasteiger charge is -2.13. The molecule has 27 heavy (non-hydrogen) atoms. The van der Waals surface area contributed by atoms with Crippen molar-refractivity contribution in [2.24, 2.45) is 0 Å². The van der Waals surface area contributed by atoms with Crippen molar-refractivity contribution in [2.45, 2.75) is 0 Å². The SMILES string of the molecule is COc1cc(NC(=O)c2cc(Nc3ccccc3)ncn2)c(OC)cc1Cl. The van der Waals surface area contributed by atoms with Crippen molar-refractivity contribution in [3.05, 3.63) is 65.6 Å². The van der Waals surface area contributed by atoms with Crippen molar-refractivity contribution < 1.29 is 14.3 Å². The number of carbonyl (C=O) groups is 1. The molecular weight excluding hydrogens is 368 g/mol. The molecule has 8 heteroatoms. The standard InChI is InChI=1S/C19H17ClN4O3/c1-26-16-9-14(17(27-2)8-13(16)20)24-19(25)15-10-18(22-11-21-15)23-12-6-4-3-5-7-12/h3-11H,1-2H3,(H,24,25)(H,21,22,23). The molecule has 0 saturated heterocycles. The monoisotopic (exact) mass is 384 g/mol. The van der Waals surface area contributed by atoms with Gasteiger partial charge in [0.2, 0.25) is 0 Å². The van der Waals surface area contributed by atoms with Crippen LogP contribution in [0.4, 0.5) is 17.2 Å². The highest BCUT2D eigenvalue weighted by atomic mass is 35.5. The summed E-state index contributed by atoms with van der Waals surface area (Å²) in [6.07, 6.45) is 1.32. The zero-order chi connectivity index (χ0) is 19.2. The quantitative estimate of drug-likeness (QED) is 0.664. The summed E-state index contributed by atoms with van der Waals surface area (Å²) < 4.78 is 10.4. The van der Waals surface area contributed by atoms with E-state index in [2.05, 4.69) is 20.6 Å². The predicted octanol–water partition coefficient (Wildman–Crippen LogP) is 4.14. The average molecular weight is 385 g/mol. The summed E-state index contributed by atoms with van der Waals surface area (Å²) in [5.41, 5.74) is 1.46. The van der Waals surface area contributed by atoms with Crippen LogP contribution in [0.3, 0.4) is 0 Å². The number of nitrogens with zero attached hydrogens (tertiary/aromatic N) is 2. The molecule has 0 aliphatic rings. The Labute approximate surface area is 161 Å². The van der Waals surface area contributed by atoms with Gasteiger partial charge in [0.25, 0.3) is 5.91 Å². The summed E-state index contributed by atoms with van der Waals surface area (Å²) >= 11 is 6.09. The first-order valence-corrected chi connectivity index (χ1v) is 8.35. The van der Waals surface area contributed by atoms with Gasteiger partial charge in [-0.15, -0.1) is 0 Å². The minimum absolute atomic E-state index is 0.194. The molecule has 1 amide bonds. The zero-order valence-corrected chi connectivity index (χ0v) is 15.4. The number of hydrogen-bond donors (Lipinski definition) is 2. The summed E-state index contributed by atoms with van der Waals surface area (Å²) in [7, 11) is 2.98. The van der Waals surface area contributed by atoms with Gasteiger partial charge in [-0.25, -0.2) is 9.97 Å². The zero-order valence-electron chi connectivity index (χ0n) is 14.7. The Hall–Kier alpha value is -3.32. The molecule has 0 saturated carbocycles. The maximum absolute atomic E-state index is 12.6. The van der Waals surface area contributed by atoms with E-state index in [1.54, 1.807) is 18.2 Å². The lowest BCUT2D eigenvalue weighted by Crippen LogP contribution is -2.15. The van der Waals surface area contributed by atoms with E-state index in [-0.39, 0.29) is 5.69 Å². The third-order valence-corrected chi connectivity index (χ3v) is 3.96. The summed E-state index contributed by atoms with van der Waals surface area (Å²) in [5.74, 6) is 0.908. The lowest BCUT2D eigenvalue weighted by atomic mass is 10.2. The first-order chi connectivity index (χ1) is 13.1. The minimum atomic E-state index is -0.420. The number of anilines is 3. The molecule has 0 aliphatic carbocycles. The highest BCUT2D eigenvalue weighted by Gasteiger charge is 2.15. The Morgan fingerprint density at radius 1 is 1.00 bits per heavy atom. The fourth-order valence-corrected chi connectivity index (χ4v) is 2.59. The number of nitrogens with one attached hydrogen (secondary N) is 2. The molecule has 1 heterocycles. The number of amides is 1. The van der Waals surface area contributed by atoms with Crippen LogP contribution < -0.4 is 20.1 Å². The van der Waals surface area contributed by atoms with E-state index in [0.29, 0.717) is 28.0 Å². The second-order valence-electron chi connectivity index (χ2n) is 5.42. The number of benzene rings is 2. The van der Waals surface area contributed by atoms with Crippen LogP contribution in [0, 0.1) is 0 Å². The first kappa shape index (κ1) is 18.5. The third kappa shape index (κ3) is 4.45. The fourth-order valence-electron chi connectivity index (χ4n) is 2.36. The van der Waals surface area contributed by atoms with Crippen molar-refractivity contribution in [1.29, 1.82) is 0 Å². The molecule has 3 aromatic rings. The minimum Gasteiger partial charge on any atom is -0.495 e. The van der Waals surface area contributed by atoms with Crippen molar-refractivity contribution in [3.8, 4) is 11.5 Å². The van der Waals surface area contributed by atoms with Gasteiger partial charge < -0.3 is 20.1 Å². The van der Waals surface area contributed by atoms with E-state index in [0.717, 1.165) is 5.69 Å². The van der Waals surface area contributed by atoms with E-state index in [4.69, 9.17) is 21.1 Å². The maximum atomic E-state index is 12.6. The molecular formula is C19H17ClN4O3. The van der Waals surface area contributed by atoms with E-state index in [1.807, 2.05) is 30.3 Å². The summed E-state index contributed by atoms with van der Waals surface area (Å²) in [6.45, 7) is 0. The molecule has 0 fully saturated rings. The van der Waals surface area contributed by atoms with Gasteiger partial charge in [-0.05, 0) is 12.1 Å². The molecule has 7 nitrogen and oxygen atoms in total. The van der Waals surface area contributed by atoms with Gasteiger partial charge in [0.15, 0.2) is 0 Å². The molecule has 0 bridgehead atoms. The van der Waals surface area contributed by atoms with Gasteiger partial charge in [0.05, 0.1) is 24.9 Å². The number of halogens is 1. The topological polar surface area (TPSA) is 85.4 Å². The third-order valence-electron chi connectivity index (χ3n) is 3.67. The fraction of sp³-hybridized carbons (Fsp3) is 0.105. The van der Waals surface area contributed by atoms with Gasteiger partial charge in [-0.3, -0.25) is 4.79 Å². The van der Waals surface area contributed by atoms with Gasteiger partial charge >= 0.3 is 0 Å². The average Bonchev–Trinajstić information content (AvgIpc) is 2.70. The van der Waals surface area contributed by atoms with Gasteiger partial charge in [0.1, 0.15) is 29.3 Å².